The molecular weight excluding hydrogens is 298 g/mol. The molecule has 2 aromatic carbocycles. The van der Waals surface area contributed by atoms with Crippen LogP contribution < -0.4 is 11.1 Å². The Bertz CT molecular complexity index is 858. The van der Waals surface area contributed by atoms with Crippen molar-refractivity contribution in [2.24, 2.45) is 5.73 Å². The van der Waals surface area contributed by atoms with Crippen molar-refractivity contribution >= 4 is 34.4 Å². The predicted molar refractivity (Wildman–Crippen MR) is 90.3 cm³/mol. The summed E-state index contributed by atoms with van der Waals surface area (Å²) in [6, 6.07) is 13.5. The van der Waals surface area contributed by atoms with E-state index in [0.29, 0.717) is 5.02 Å². The fourth-order valence-corrected chi connectivity index (χ4v) is 2.38. The highest BCUT2D eigenvalue weighted by atomic mass is 35.5. The second-order valence-corrected chi connectivity index (χ2v) is 5.40. The predicted octanol–water partition coefficient (Wildman–Crippen LogP) is 3.56. The SMILES string of the molecule is Cc1ccc(-c2nc(NC(=N)N)nc3ccc(Cl)cc23)cc1. The van der Waals surface area contributed by atoms with E-state index >= 15 is 0 Å². The molecule has 0 fully saturated rings. The molecule has 0 aliphatic rings. The molecule has 1 aromatic heterocycles. The molecule has 0 amide bonds. The Morgan fingerprint density at radius 1 is 1.14 bits per heavy atom. The second kappa shape index (κ2) is 5.61. The van der Waals surface area contributed by atoms with E-state index in [-0.39, 0.29) is 11.9 Å². The third kappa shape index (κ3) is 2.84. The van der Waals surface area contributed by atoms with Gasteiger partial charge in [0.05, 0.1) is 11.2 Å². The van der Waals surface area contributed by atoms with Crippen molar-refractivity contribution in [3.63, 3.8) is 0 Å². The lowest BCUT2D eigenvalue weighted by atomic mass is 10.1. The molecule has 3 aromatic rings. The van der Waals surface area contributed by atoms with Gasteiger partial charge in [0.15, 0.2) is 5.96 Å². The minimum absolute atomic E-state index is 0.205. The molecule has 0 unspecified atom stereocenters. The van der Waals surface area contributed by atoms with Gasteiger partial charge in [-0.15, -0.1) is 0 Å². The molecule has 22 heavy (non-hydrogen) atoms. The average Bonchev–Trinajstić information content (AvgIpc) is 2.47. The number of hydrogen-bond acceptors (Lipinski definition) is 3. The number of aryl methyl sites for hydroxylation is 1. The third-order valence-electron chi connectivity index (χ3n) is 3.23. The van der Waals surface area contributed by atoms with E-state index in [9.17, 15) is 0 Å². The number of nitrogens with zero attached hydrogens (tertiary/aromatic N) is 2. The van der Waals surface area contributed by atoms with Crippen molar-refractivity contribution in [3.8, 4) is 11.3 Å². The first-order valence-electron chi connectivity index (χ1n) is 6.68. The van der Waals surface area contributed by atoms with Crippen molar-refractivity contribution in [1.82, 2.24) is 9.97 Å². The van der Waals surface area contributed by atoms with Gasteiger partial charge in [-0.25, -0.2) is 9.97 Å². The van der Waals surface area contributed by atoms with Gasteiger partial charge >= 0.3 is 0 Å². The van der Waals surface area contributed by atoms with Crippen LogP contribution in [-0.4, -0.2) is 15.9 Å². The summed E-state index contributed by atoms with van der Waals surface area (Å²) < 4.78 is 0. The minimum Gasteiger partial charge on any atom is -0.370 e. The summed E-state index contributed by atoms with van der Waals surface area (Å²) in [4.78, 5) is 8.84. The zero-order chi connectivity index (χ0) is 15.7. The maximum atomic E-state index is 7.34. The lowest BCUT2D eigenvalue weighted by Crippen LogP contribution is -2.22. The summed E-state index contributed by atoms with van der Waals surface area (Å²) in [5.74, 6) is 0.0843. The monoisotopic (exact) mass is 311 g/mol. The first-order chi connectivity index (χ1) is 10.5. The summed E-state index contributed by atoms with van der Waals surface area (Å²) >= 11 is 6.10. The average molecular weight is 312 g/mol. The van der Waals surface area contributed by atoms with Crippen molar-refractivity contribution < 1.29 is 0 Å². The molecule has 0 saturated carbocycles. The van der Waals surface area contributed by atoms with Gasteiger partial charge in [-0.05, 0) is 25.1 Å². The fourth-order valence-electron chi connectivity index (χ4n) is 2.21. The molecule has 3 rings (SSSR count). The van der Waals surface area contributed by atoms with Crippen molar-refractivity contribution in [1.29, 1.82) is 5.41 Å². The van der Waals surface area contributed by atoms with Crippen molar-refractivity contribution in [3.05, 3.63) is 53.1 Å². The van der Waals surface area contributed by atoms with E-state index in [2.05, 4.69) is 15.3 Å². The molecule has 0 atom stereocenters. The number of aromatic nitrogens is 2. The maximum Gasteiger partial charge on any atom is 0.230 e. The smallest absolute Gasteiger partial charge is 0.230 e. The van der Waals surface area contributed by atoms with Crippen LogP contribution in [0, 0.1) is 12.3 Å². The minimum atomic E-state index is -0.205. The fraction of sp³-hybridized carbons (Fsp3) is 0.0625. The first-order valence-corrected chi connectivity index (χ1v) is 7.06. The van der Waals surface area contributed by atoms with Gasteiger partial charge in [0.2, 0.25) is 5.95 Å². The van der Waals surface area contributed by atoms with Crippen LogP contribution in [0.15, 0.2) is 42.5 Å². The summed E-state index contributed by atoms with van der Waals surface area (Å²) in [7, 11) is 0. The Hall–Kier alpha value is -2.66. The van der Waals surface area contributed by atoms with E-state index in [4.69, 9.17) is 22.7 Å². The number of benzene rings is 2. The molecule has 0 aliphatic heterocycles. The van der Waals surface area contributed by atoms with E-state index in [0.717, 1.165) is 22.2 Å². The molecule has 0 aliphatic carbocycles. The molecule has 4 N–H and O–H groups in total. The normalized spacial score (nSPS) is 10.6. The molecule has 1 heterocycles. The molecule has 0 spiro atoms. The number of fused-ring (bicyclic) bond motifs is 1. The van der Waals surface area contributed by atoms with E-state index in [1.807, 2.05) is 43.3 Å². The van der Waals surface area contributed by atoms with Gasteiger partial charge in [0.25, 0.3) is 0 Å². The lowest BCUT2D eigenvalue weighted by molar-refractivity contribution is 1.21. The van der Waals surface area contributed by atoms with Gasteiger partial charge in [-0.1, -0.05) is 41.4 Å². The quantitative estimate of drug-likeness (QED) is 0.499. The van der Waals surface area contributed by atoms with Crippen LogP contribution in [0.1, 0.15) is 5.56 Å². The highest BCUT2D eigenvalue weighted by molar-refractivity contribution is 6.31. The molecule has 5 nitrogen and oxygen atoms in total. The zero-order valence-corrected chi connectivity index (χ0v) is 12.6. The van der Waals surface area contributed by atoms with Crippen LogP contribution in [0.2, 0.25) is 5.02 Å². The molecule has 0 bridgehead atoms. The maximum absolute atomic E-state index is 7.34. The Morgan fingerprint density at radius 3 is 2.55 bits per heavy atom. The molecule has 110 valence electrons. The molecular formula is C16H14ClN5. The number of rotatable bonds is 2. The highest BCUT2D eigenvalue weighted by Gasteiger charge is 2.11. The Balaban J connectivity index is 2.26. The van der Waals surface area contributed by atoms with Crippen molar-refractivity contribution in [2.75, 3.05) is 5.32 Å². The highest BCUT2D eigenvalue weighted by Crippen LogP contribution is 2.29. The van der Waals surface area contributed by atoms with Crippen LogP contribution in [0.5, 0.6) is 0 Å². The number of nitrogens with two attached hydrogens (primary N) is 1. The van der Waals surface area contributed by atoms with E-state index in [1.165, 1.54) is 5.56 Å². The number of anilines is 1. The Kier molecular flexibility index (Phi) is 3.65. The van der Waals surface area contributed by atoms with Crippen LogP contribution >= 0.6 is 11.6 Å². The lowest BCUT2D eigenvalue weighted by Gasteiger charge is -2.10. The second-order valence-electron chi connectivity index (χ2n) is 4.96. The summed E-state index contributed by atoms with van der Waals surface area (Å²) in [6.45, 7) is 2.03. The largest absolute Gasteiger partial charge is 0.370 e. The summed E-state index contributed by atoms with van der Waals surface area (Å²) in [6.07, 6.45) is 0. The summed E-state index contributed by atoms with van der Waals surface area (Å²) in [5.41, 5.74) is 8.97. The van der Waals surface area contributed by atoms with Crippen molar-refractivity contribution in [2.45, 2.75) is 6.92 Å². The molecule has 0 radical (unpaired) electrons. The van der Waals surface area contributed by atoms with Crippen LogP contribution in [0.25, 0.3) is 22.2 Å². The zero-order valence-electron chi connectivity index (χ0n) is 11.9. The number of nitrogens with one attached hydrogen (secondary N) is 2. The van der Waals surface area contributed by atoms with Gasteiger partial charge in [-0.3, -0.25) is 10.7 Å². The summed E-state index contributed by atoms with van der Waals surface area (Å²) in [5, 5.41) is 11.5. The van der Waals surface area contributed by atoms with Gasteiger partial charge in [0, 0.05) is 16.0 Å². The number of guanidine groups is 1. The Morgan fingerprint density at radius 2 is 1.86 bits per heavy atom. The first kappa shape index (κ1) is 14.3. The van der Waals surface area contributed by atoms with Crippen LogP contribution in [0.3, 0.4) is 0 Å². The molecule has 6 heteroatoms. The third-order valence-corrected chi connectivity index (χ3v) is 3.46. The van der Waals surface area contributed by atoms with Gasteiger partial charge < -0.3 is 5.73 Å². The standard InChI is InChI=1S/C16H14ClN5/c1-9-2-4-10(5-3-9)14-12-8-11(17)6-7-13(12)20-16(21-14)22-15(18)19/h2-8H,1H3,(H4,18,19,20,21,22). The van der Waals surface area contributed by atoms with Crippen LogP contribution in [0.4, 0.5) is 5.95 Å². The van der Waals surface area contributed by atoms with Crippen LogP contribution in [-0.2, 0) is 0 Å². The van der Waals surface area contributed by atoms with Gasteiger partial charge in [-0.2, -0.15) is 0 Å². The van der Waals surface area contributed by atoms with E-state index in [1.54, 1.807) is 6.07 Å². The number of halogens is 1. The van der Waals surface area contributed by atoms with E-state index < -0.39 is 0 Å². The molecule has 0 saturated heterocycles. The number of hydrogen-bond donors (Lipinski definition) is 3. The van der Waals surface area contributed by atoms with Gasteiger partial charge in [0.1, 0.15) is 0 Å². The Labute approximate surface area is 132 Å². The topological polar surface area (TPSA) is 87.7 Å².